The fourth-order valence-corrected chi connectivity index (χ4v) is 4.73. The number of esters is 7. The van der Waals surface area contributed by atoms with Gasteiger partial charge in [-0.15, -0.1) is 0 Å². The van der Waals surface area contributed by atoms with Gasteiger partial charge in [-0.05, 0) is 0 Å². The third-order valence-electron chi connectivity index (χ3n) is 6.36. The number of nitrogens with one attached hydrogen (secondary N) is 1. The number of carbonyl (C=O) groups is 8. The minimum atomic E-state index is -5.57. The number of amides is 1. The van der Waals surface area contributed by atoms with E-state index in [0.717, 1.165) is 48.7 Å². The van der Waals surface area contributed by atoms with Crippen LogP contribution >= 0.6 is 0 Å². The first-order valence-corrected chi connectivity index (χ1v) is 14.1. The lowest BCUT2D eigenvalue weighted by Crippen LogP contribution is -2.70. The van der Waals surface area contributed by atoms with Crippen LogP contribution in [-0.4, -0.2) is 129 Å². The highest BCUT2D eigenvalue weighted by Crippen LogP contribution is 2.35. The Morgan fingerprint density at radius 2 is 1.10 bits per heavy atom. The highest BCUT2D eigenvalue weighted by Gasteiger charge is 2.59. The zero-order chi connectivity index (χ0) is 37.4. The molecule has 22 heteroatoms. The van der Waals surface area contributed by atoms with E-state index in [0.29, 0.717) is 0 Å². The van der Waals surface area contributed by atoms with Crippen LogP contribution in [0.5, 0.6) is 0 Å². The standard InChI is InChI=1S/C27H34F3NO18/c1-9(32)41-8-15-17(42-10(2)33)18(43-11(3)34)16(31-26(39)27(28,29)30)24(47-15)48-19-20(44-12(4)35)22(45-13(5)36)25(46-14(6)37)49-21(19)23(38)40-7/h15-22,24-25H,8H2,1-7H3,(H,31,39)/t15-,16-,17-,18-,19+,20+,21+,22-,24-,25+/m1/s1. The number of methoxy groups -OCH3 is 1. The van der Waals surface area contributed by atoms with Crippen molar-refractivity contribution in [3.8, 4) is 0 Å². The van der Waals surface area contributed by atoms with Gasteiger partial charge in [0.05, 0.1) is 7.11 Å². The summed E-state index contributed by atoms with van der Waals surface area (Å²) in [5.41, 5.74) is 0. The Hall–Kier alpha value is -4.57. The van der Waals surface area contributed by atoms with E-state index in [1.165, 1.54) is 5.32 Å². The quantitative estimate of drug-likeness (QED) is 0.197. The summed E-state index contributed by atoms with van der Waals surface area (Å²) in [6, 6.07) is -2.27. The highest BCUT2D eigenvalue weighted by atomic mass is 19.4. The third kappa shape index (κ3) is 11.5. The monoisotopic (exact) mass is 717 g/mol. The average Bonchev–Trinajstić information content (AvgIpc) is 2.95. The van der Waals surface area contributed by atoms with Crippen LogP contribution in [0, 0.1) is 0 Å². The zero-order valence-electron chi connectivity index (χ0n) is 27.0. The molecule has 0 radical (unpaired) electrons. The predicted molar refractivity (Wildman–Crippen MR) is 143 cm³/mol. The van der Waals surface area contributed by atoms with Gasteiger partial charge < -0.3 is 52.7 Å². The van der Waals surface area contributed by atoms with E-state index in [1.54, 1.807) is 0 Å². The number of rotatable bonds is 11. The van der Waals surface area contributed by atoms with Crippen molar-refractivity contribution in [2.45, 2.75) is 109 Å². The molecule has 0 aromatic heterocycles. The zero-order valence-corrected chi connectivity index (χ0v) is 27.0. The molecular weight excluding hydrogens is 683 g/mol. The third-order valence-corrected chi connectivity index (χ3v) is 6.36. The van der Waals surface area contributed by atoms with Gasteiger partial charge in [0.2, 0.25) is 12.4 Å². The van der Waals surface area contributed by atoms with E-state index < -0.39 is 122 Å². The van der Waals surface area contributed by atoms with Crippen molar-refractivity contribution >= 4 is 47.7 Å². The second kappa shape index (κ2) is 17.2. The molecule has 2 saturated heterocycles. The maximum Gasteiger partial charge on any atom is 0.471 e. The fourth-order valence-electron chi connectivity index (χ4n) is 4.73. The summed E-state index contributed by atoms with van der Waals surface area (Å²) in [6.07, 6.45) is -23.7. The Labute approximate surface area is 275 Å². The van der Waals surface area contributed by atoms with E-state index in [9.17, 15) is 51.5 Å². The van der Waals surface area contributed by atoms with Gasteiger partial charge in [0.25, 0.3) is 0 Å². The first-order chi connectivity index (χ1) is 22.7. The van der Waals surface area contributed by atoms with Crippen LogP contribution < -0.4 is 5.32 Å². The molecule has 0 aliphatic carbocycles. The Kier molecular flexibility index (Phi) is 14.2. The van der Waals surface area contributed by atoms with Crippen molar-refractivity contribution in [2.75, 3.05) is 13.7 Å². The predicted octanol–water partition coefficient (Wildman–Crippen LogP) is -1.11. The molecule has 0 unspecified atom stereocenters. The molecular formula is C27H34F3NO18. The van der Waals surface area contributed by atoms with Crippen molar-refractivity contribution in [1.29, 1.82) is 0 Å². The second-order valence-corrected chi connectivity index (χ2v) is 10.3. The van der Waals surface area contributed by atoms with Crippen LogP contribution in [0.1, 0.15) is 41.5 Å². The summed E-state index contributed by atoms with van der Waals surface area (Å²) in [4.78, 5) is 97.2. The van der Waals surface area contributed by atoms with Gasteiger partial charge in [0.15, 0.2) is 30.7 Å². The summed E-state index contributed by atoms with van der Waals surface area (Å²) in [5.74, 6) is -10.4. The Morgan fingerprint density at radius 3 is 1.57 bits per heavy atom. The lowest BCUT2D eigenvalue weighted by Gasteiger charge is -2.48. The van der Waals surface area contributed by atoms with Crippen LogP contribution in [0.25, 0.3) is 0 Å². The summed E-state index contributed by atoms with van der Waals surface area (Å²) >= 11 is 0. The molecule has 2 aliphatic heterocycles. The Bertz CT molecular complexity index is 1290. The number of alkyl halides is 3. The minimum Gasteiger partial charge on any atom is -0.467 e. The van der Waals surface area contributed by atoms with Crippen molar-refractivity contribution in [3.05, 3.63) is 0 Å². The highest BCUT2D eigenvalue weighted by molar-refractivity contribution is 5.82. The van der Waals surface area contributed by atoms with Crippen LogP contribution in [0.2, 0.25) is 0 Å². The number of ether oxygens (including phenoxy) is 10. The van der Waals surface area contributed by atoms with Gasteiger partial charge in [-0.2, -0.15) is 13.2 Å². The Morgan fingerprint density at radius 1 is 0.612 bits per heavy atom. The van der Waals surface area contributed by atoms with Crippen molar-refractivity contribution in [2.24, 2.45) is 0 Å². The molecule has 2 fully saturated rings. The van der Waals surface area contributed by atoms with Crippen molar-refractivity contribution < 1.29 is 98.9 Å². The van der Waals surface area contributed by atoms with Gasteiger partial charge >= 0.3 is 53.9 Å². The number of carbonyl (C=O) groups excluding carboxylic acids is 8. The molecule has 0 aromatic carbocycles. The molecule has 1 amide bonds. The van der Waals surface area contributed by atoms with Gasteiger partial charge in [0.1, 0.15) is 24.9 Å². The molecule has 10 atom stereocenters. The van der Waals surface area contributed by atoms with E-state index in [1.807, 2.05) is 0 Å². The normalized spacial score (nSPS) is 29.7. The van der Waals surface area contributed by atoms with Crippen LogP contribution in [0.3, 0.4) is 0 Å². The van der Waals surface area contributed by atoms with Crippen LogP contribution in [0.4, 0.5) is 13.2 Å². The molecule has 276 valence electrons. The number of halogens is 3. The van der Waals surface area contributed by atoms with Crippen LogP contribution in [0.15, 0.2) is 0 Å². The first kappa shape index (κ1) is 40.6. The smallest absolute Gasteiger partial charge is 0.467 e. The lowest BCUT2D eigenvalue weighted by atomic mass is 9.94. The van der Waals surface area contributed by atoms with Crippen molar-refractivity contribution in [3.63, 3.8) is 0 Å². The van der Waals surface area contributed by atoms with E-state index in [2.05, 4.69) is 0 Å². The average molecular weight is 718 g/mol. The van der Waals surface area contributed by atoms with Gasteiger partial charge in [-0.3, -0.25) is 33.6 Å². The van der Waals surface area contributed by atoms with Gasteiger partial charge in [0, 0.05) is 41.5 Å². The lowest BCUT2D eigenvalue weighted by molar-refractivity contribution is -0.339. The van der Waals surface area contributed by atoms with Gasteiger partial charge in [-0.25, -0.2) is 4.79 Å². The number of hydrogen-bond acceptors (Lipinski definition) is 18. The maximum absolute atomic E-state index is 13.5. The maximum atomic E-state index is 13.5. The summed E-state index contributed by atoms with van der Waals surface area (Å²) < 4.78 is 93.1. The van der Waals surface area contributed by atoms with Crippen LogP contribution in [-0.2, 0) is 85.7 Å². The molecule has 2 rings (SSSR count). The van der Waals surface area contributed by atoms with E-state index in [4.69, 9.17) is 47.4 Å². The summed E-state index contributed by atoms with van der Waals surface area (Å²) in [7, 11) is 0.863. The molecule has 0 bridgehead atoms. The summed E-state index contributed by atoms with van der Waals surface area (Å²) in [5, 5.41) is 1.52. The molecule has 0 aromatic rings. The molecule has 0 spiro atoms. The topological polar surface area (TPSA) is 241 Å². The largest absolute Gasteiger partial charge is 0.471 e. The molecule has 1 N–H and O–H groups in total. The Balaban J connectivity index is 2.82. The molecule has 2 aliphatic rings. The summed E-state index contributed by atoms with van der Waals surface area (Å²) in [6.45, 7) is 4.51. The number of hydrogen-bond donors (Lipinski definition) is 1. The molecule has 0 saturated carbocycles. The van der Waals surface area contributed by atoms with Crippen molar-refractivity contribution in [1.82, 2.24) is 5.32 Å². The molecule has 2 heterocycles. The van der Waals surface area contributed by atoms with Gasteiger partial charge in [-0.1, -0.05) is 0 Å². The van der Waals surface area contributed by atoms with E-state index in [-0.39, 0.29) is 0 Å². The first-order valence-electron chi connectivity index (χ1n) is 14.1. The van der Waals surface area contributed by atoms with E-state index >= 15 is 0 Å². The minimum absolute atomic E-state index is 0.815. The molecule has 19 nitrogen and oxygen atoms in total. The second-order valence-electron chi connectivity index (χ2n) is 10.3. The molecule has 49 heavy (non-hydrogen) atoms. The fraction of sp³-hybridized carbons (Fsp3) is 0.704. The SMILES string of the molecule is COC(=O)[C@H]1O[C@H](OC(C)=O)[C@H](OC(C)=O)[C@@H](OC(C)=O)[C@@H]1O[C@H]1O[C@H](COC(C)=O)[C@@H](OC(C)=O)[C@H](OC(C)=O)[C@H]1NC(=O)C(F)(F)F.